The van der Waals surface area contributed by atoms with Gasteiger partial charge in [-0.15, -0.1) is 10.2 Å². The van der Waals surface area contributed by atoms with Crippen LogP contribution in [0.15, 0.2) is 84.0 Å². The van der Waals surface area contributed by atoms with Crippen molar-refractivity contribution in [1.29, 1.82) is 0 Å². The number of amides is 1. The summed E-state index contributed by atoms with van der Waals surface area (Å²) in [7, 11) is 0. The van der Waals surface area contributed by atoms with Gasteiger partial charge in [0.05, 0.1) is 6.04 Å². The lowest BCUT2D eigenvalue weighted by molar-refractivity contribution is -0.122. The Morgan fingerprint density at radius 3 is 2.27 bits per heavy atom. The molecule has 0 aliphatic heterocycles. The van der Waals surface area contributed by atoms with E-state index in [4.69, 9.17) is 5.10 Å². The highest BCUT2D eigenvalue weighted by Gasteiger charge is 2.26. The summed E-state index contributed by atoms with van der Waals surface area (Å²) in [5.41, 5.74) is 5.98. The van der Waals surface area contributed by atoms with Crippen molar-refractivity contribution in [2.45, 2.75) is 77.8 Å². The summed E-state index contributed by atoms with van der Waals surface area (Å²) >= 11 is 1.66. The lowest BCUT2D eigenvalue weighted by Gasteiger charge is -2.24. The molecule has 4 rings (SSSR count). The van der Waals surface area contributed by atoms with Crippen LogP contribution in [0.5, 0.6) is 0 Å². The Morgan fingerprint density at radius 1 is 0.900 bits per heavy atom. The van der Waals surface area contributed by atoms with Gasteiger partial charge in [0.1, 0.15) is 0 Å². The number of aromatic nitrogens is 3. The van der Waals surface area contributed by atoms with Crippen LogP contribution in [0.25, 0.3) is 5.69 Å². The van der Waals surface area contributed by atoms with E-state index in [0.29, 0.717) is 12.8 Å². The molecule has 2 unspecified atom stereocenters. The van der Waals surface area contributed by atoms with Crippen molar-refractivity contribution >= 4 is 17.7 Å². The predicted octanol–water partition coefficient (Wildman–Crippen LogP) is 8.04. The fraction of sp³-hybridized carbons (Fsp3) is 0.382. The third-order valence-electron chi connectivity index (χ3n) is 6.83. The molecule has 0 fully saturated rings. The Balaban J connectivity index is 1.67. The number of hydrogen-bond donors (Lipinski definition) is 1. The van der Waals surface area contributed by atoms with Gasteiger partial charge >= 0.3 is 0 Å². The average Bonchev–Trinajstić information content (AvgIpc) is 3.31. The summed E-state index contributed by atoms with van der Waals surface area (Å²) in [4.78, 5) is 13.4. The maximum atomic E-state index is 13.4. The molecule has 3 aromatic carbocycles. The van der Waals surface area contributed by atoms with Gasteiger partial charge in [-0.25, -0.2) is 0 Å². The first-order valence-corrected chi connectivity index (χ1v) is 15.1. The molecular weight excluding hydrogens is 512 g/mol. The summed E-state index contributed by atoms with van der Waals surface area (Å²) in [6, 6.07) is 26.9. The van der Waals surface area contributed by atoms with Crippen molar-refractivity contribution in [3.05, 3.63) is 107 Å². The molecule has 1 heterocycles. The van der Waals surface area contributed by atoms with Crippen LogP contribution in [0.3, 0.4) is 0 Å². The normalized spacial score (nSPS) is 13.2. The number of aryl methyl sites for hydroxylation is 2. The SMILES string of the molecule is Cc1ccc(-n2c(SCc3cccc(C)c3)nnc2C(Cc2ccccc2)NC(=O)CC(C)CC(C)(C)C)cc1. The summed E-state index contributed by atoms with van der Waals surface area (Å²) in [6.45, 7) is 13.0. The van der Waals surface area contributed by atoms with Crippen molar-refractivity contribution in [2.75, 3.05) is 0 Å². The first kappa shape index (κ1) is 29.6. The lowest BCUT2D eigenvalue weighted by Crippen LogP contribution is -2.33. The fourth-order valence-corrected chi connectivity index (χ4v) is 6.13. The molecule has 4 aromatic rings. The molecule has 0 spiro atoms. The Kier molecular flexibility index (Phi) is 9.85. The molecule has 0 saturated carbocycles. The molecule has 1 aromatic heterocycles. The molecule has 210 valence electrons. The molecule has 40 heavy (non-hydrogen) atoms. The van der Waals surface area contributed by atoms with Crippen molar-refractivity contribution in [3.8, 4) is 5.69 Å². The number of nitrogens with zero attached hydrogens (tertiary/aromatic N) is 3. The van der Waals surface area contributed by atoms with Crippen LogP contribution in [0.2, 0.25) is 0 Å². The zero-order valence-corrected chi connectivity index (χ0v) is 25.5. The van der Waals surface area contributed by atoms with E-state index >= 15 is 0 Å². The molecule has 0 saturated heterocycles. The minimum absolute atomic E-state index is 0.0464. The third kappa shape index (κ3) is 8.56. The van der Waals surface area contributed by atoms with Crippen molar-refractivity contribution in [2.24, 2.45) is 11.3 Å². The highest BCUT2D eigenvalue weighted by molar-refractivity contribution is 7.98. The zero-order valence-electron chi connectivity index (χ0n) is 24.6. The van der Waals surface area contributed by atoms with E-state index in [2.05, 4.69) is 117 Å². The van der Waals surface area contributed by atoms with Gasteiger partial charge in [0.25, 0.3) is 0 Å². The lowest BCUT2D eigenvalue weighted by atomic mass is 9.84. The molecule has 2 atom stereocenters. The molecular formula is C34H42N4OS. The molecule has 0 aliphatic carbocycles. The number of rotatable bonds is 11. The van der Waals surface area contributed by atoms with E-state index < -0.39 is 0 Å². The van der Waals surface area contributed by atoms with E-state index in [1.807, 2.05) is 18.2 Å². The number of carbonyl (C=O) groups excluding carboxylic acids is 1. The first-order chi connectivity index (χ1) is 19.1. The van der Waals surface area contributed by atoms with Crippen LogP contribution in [0.1, 0.15) is 74.7 Å². The number of benzene rings is 3. The number of nitrogens with one attached hydrogen (secondary N) is 1. The molecule has 1 amide bonds. The van der Waals surface area contributed by atoms with Gasteiger partial charge in [0, 0.05) is 17.9 Å². The van der Waals surface area contributed by atoms with Gasteiger partial charge in [-0.2, -0.15) is 0 Å². The topological polar surface area (TPSA) is 59.8 Å². The molecule has 1 N–H and O–H groups in total. The van der Waals surface area contributed by atoms with Gasteiger partial charge in [-0.05, 0) is 61.3 Å². The van der Waals surface area contributed by atoms with Crippen LogP contribution in [0, 0.1) is 25.2 Å². The number of carbonyl (C=O) groups is 1. The summed E-state index contributed by atoms with van der Waals surface area (Å²) < 4.78 is 2.12. The molecule has 5 nitrogen and oxygen atoms in total. The van der Waals surface area contributed by atoms with Crippen molar-refractivity contribution in [1.82, 2.24) is 20.1 Å². The second-order valence-corrected chi connectivity index (χ2v) is 13.1. The number of thioether (sulfide) groups is 1. The van der Waals surface area contributed by atoms with E-state index in [-0.39, 0.29) is 23.3 Å². The third-order valence-corrected chi connectivity index (χ3v) is 7.83. The maximum Gasteiger partial charge on any atom is 0.220 e. The first-order valence-electron chi connectivity index (χ1n) is 14.1. The monoisotopic (exact) mass is 554 g/mol. The average molecular weight is 555 g/mol. The summed E-state index contributed by atoms with van der Waals surface area (Å²) in [5.74, 6) is 1.86. The van der Waals surface area contributed by atoms with Crippen LogP contribution < -0.4 is 5.32 Å². The van der Waals surface area contributed by atoms with Crippen LogP contribution >= 0.6 is 11.8 Å². The molecule has 0 radical (unpaired) electrons. The standard InChI is InChI=1S/C34H42N4OS/c1-24-15-17-29(18-16-24)38-32(36-37-33(38)40-23-28-14-10-11-25(2)19-28)30(21-27-12-8-7-9-13-27)35-31(39)20-26(3)22-34(4,5)6/h7-19,26,30H,20-23H2,1-6H3,(H,35,39). The molecule has 0 bridgehead atoms. The van der Waals surface area contributed by atoms with Crippen LogP contribution in [0.4, 0.5) is 0 Å². The van der Waals surface area contributed by atoms with Crippen LogP contribution in [-0.2, 0) is 17.0 Å². The molecule has 0 aliphatic rings. The van der Waals surface area contributed by atoms with Crippen molar-refractivity contribution < 1.29 is 4.79 Å². The number of hydrogen-bond acceptors (Lipinski definition) is 4. The van der Waals surface area contributed by atoms with Gasteiger partial charge in [-0.1, -0.05) is 117 Å². The van der Waals surface area contributed by atoms with Gasteiger partial charge in [-0.3, -0.25) is 9.36 Å². The second kappa shape index (κ2) is 13.3. The van der Waals surface area contributed by atoms with E-state index in [0.717, 1.165) is 34.4 Å². The predicted molar refractivity (Wildman–Crippen MR) is 166 cm³/mol. The largest absolute Gasteiger partial charge is 0.346 e. The van der Waals surface area contributed by atoms with E-state index in [9.17, 15) is 4.79 Å². The highest BCUT2D eigenvalue weighted by Crippen LogP contribution is 2.30. The Hall–Kier alpha value is -3.38. The molecule has 6 heteroatoms. The van der Waals surface area contributed by atoms with Crippen LogP contribution in [-0.4, -0.2) is 20.7 Å². The van der Waals surface area contributed by atoms with Crippen molar-refractivity contribution in [3.63, 3.8) is 0 Å². The second-order valence-electron chi connectivity index (χ2n) is 12.2. The van der Waals surface area contributed by atoms with Gasteiger partial charge in [0.2, 0.25) is 5.91 Å². The van der Waals surface area contributed by atoms with Gasteiger partial charge in [0.15, 0.2) is 11.0 Å². The van der Waals surface area contributed by atoms with E-state index in [1.165, 1.54) is 16.7 Å². The van der Waals surface area contributed by atoms with E-state index in [1.54, 1.807) is 11.8 Å². The minimum Gasteiger partial charge on any atom is -0.346 e. The Labute approximate surface area is 243 Å². The van der Waals surface area contributed by atoms with Gasteiger partial charge < -0.3 is 5.32 Å². The Morgan fingerprint density at radius 2 is 1.60 bits per heavy atom. The zero-order chi connectivity index (χ0) is 28.7. The quantitative estimate of drug-likeness (QED) is 0.191. The minimum atomic E-state index is -0.321. The summed E-state index contributed by atoms with van der Waals surface area (Å²) in [5, 5.41) is 13.5. The Bertz CT molecular complexity index is 1390. The fourth-order valence-electron chi connectivity index (χ4n) is 5.23. The maximum absolute atomic E-state index is 13.4. The highest BCUT2D eigenvalue weighted by atomic mass is 32.2. The smallest absolute Gasteiger partial charge is 0.220 e. The summed E-state index contributed by atoms with van der Waals surface area (Å²) in [6.07, 6.45) is 2.10.